The molecule has 7 heteroatoms. The van der Waals surface area contributed by atoms with Crippen molar-refractivity contribution >= 4 is 11.6 Å². The van der Waals surface area contributed by atoms with Gasteiger partial charge in [-0.1, -0.05) is 31.0 Å². The topological polar surface area (TPSA) is 85.6 Å². The Balaban J connectivity index is 1.37. The highest BCUT2D eigenvalue weighted by Crippen LogP contribution is 2.33. The van der Waals surface area contributed by atoms with Crippen LogP contribution in [0.1, 0.15) is 42.2 Å². The third kappa shape index (κ3) is 4.07. The van der Waals surface area contributed by atoms with Gasteiger partial charge >= 0.3 is 0 Å². The highest BCUT2D eigenvalue weighted by Gasteiger charge is 2.21. The molecule has 0 aliphatic heterocycles. The fourth-order valence-corrected chi connectivity index (χ4v) is 4.10. The monoisotopic (exact) mass is 410 g/mol. The molecule has 1 amide bonds. The van der Waals surface area contributed by atoms with Crippen molar-refractivity contribution in [1.29, 1.82) is 0 Å². The molecule has 1 aliphatic rings. The Morgan fingerprint density at radius 2 is 1.84 bits per heavy atom. The summed E-state index contributed by atoms with van der Waals surface area (Å²) >= 11 is 0. The lowest BCUT2D eigenvalue weighted by atomic mass is 10.1. The lowest BCUT2D eigenvalue weighted by Crippen LogP contribution is -2.13. The van der Waals surface area contributed by atoms with Gasteiger partial charge in [-0.05, 0) is 48.7 Å². The van der Waals surface area contributed by atoms with Crippen molar-refractivity contribution in [3.63, 3.8) is 0 Å². The van der Waals surface area contributed by atoms with Crippen molar-refractivity contribution in [2.24, 2.45) is 0 Å². The van der Waals surface area contributed by atoms with Gasteiger partial charge in [0.2, 0.25) is 0 Å². The van der Waals surface area contributed by atoms with Crippen LogP contribution in [0.3, 0.4) is 0 Å². The summed E-state index contributed by atoms with van der Waals surface area (Å²) in [5, 5.41) is 11.4. The maximum absolute atomic E-state index is 12.8. The Morgan fingerprint density at radius 1 is 0.968 bits per heavy atom. The van der Waals surface area contributed by atoms with Crippen molar-refractivity contribution in [2.45, 2.75) is 31.7 Å². The number of pyridine rings is 2. The normalized spacial score (nSPS) is 13.9. The van der Waals surface area contributed by atoms with Gasteiger partial charge in [-0.3, -0.25) is 14.8 Å². The van der Waals surface area contributed by atoms with Crippen molar-refractivity contribution in [3.8, 4) is 22.5 Å². The van der Waals surface area contributed by atoms with E-state index in [1.807, 2.05) is 48.8 Å². The number of rotatable bonds is 5. The Hall–Kier alpha value is -3.87. The lowest BCUT2D eigenvalue weighted by Gasteiger charge is -2.14. The summed E-state index contributed by atoms with van der Waals surface area (Å²) in [5.41, 5.74) is 3.80. The number of hydrogen-bond acceptors (Lipinski definition) is 5. The molecule has 1 saturated carbocycles. The predicted octanol–water partition coefficient (Wildman–Crippen LogP) is 4.77. The lowest BCUT2D eigenvalue weighted by molar-refractivity contribution is 0.102. The molecule has 4 aromatic rings. The zero-order chi connectivity index (χ0) is 21.0. The minimum absolute atomic E-state index is 0.264. The van der Waals surface area contributed by atoms with E-state index in [1.165, 1.54) is 12.8 Å². The highest BCUT2D eigenvalue weighted by atomic mass is 16.1. The molecule has 31 heavy (non-hydrogen) atoms. The molecule has 154 valence electrons. The SMILES string of the molecule is O=C(Nc1cccc(-c2nncn2C2CCCC2)c1)c1cc(-c2cccnc2)ccn1. The Labute approximate surface area is 180 Å². The average Bonchev–Trinajstić information content (AvgIpc) is 3.52. The van der Waals surface area contributed by atoms with Crippen molar-refractivity contribution in [1.82, 2.24) is 24.7 Å². The first-order chi connectivity index (χ1) is 15.3. The van der Waals surface area contributed by atoms with E-state index < -0.39 is 0 Å². The Bertz CT molecular complexity index is 1200. The van der Waals surface area contributed by atoms with Crippen LogP contribution in [0.15, 0.2) is 73.4 Å². The highest BCUT2D eigenvalue weighted by molar-refractivity contribution is 6.03. The molecule has 0 saturated heterocycles. The first kappa shape index (κ1) is 19.1. The Morgan fingerprint density at radius 3 is 2.68 bits per heavy atom. The molecule has 5 rings (SSSR count). The summed E-state index contributed by atoms with van der Waals surface area (Å²) in [7, 11) is 0. The van der Waals surface area contributed by atoms with Gasteiger partial charge < -0.3 is 9.88 Å². The molecule has 3 heterocycles. The Kier molecular flexibility index (Phi) is 5.22. The van der Waals surface area contributed by atoms with E-state index in [1.54, 1.807) is 24.7 Å². The number of benzene rings is 1. The minimum Gasteiger partial charge on any atom is -0.321 e. The van der Waals surface area contributed by atoms with E-state index in [-0.39, 0.29) is 5.91 Å². The summed E-state index contributed by atoms with van der Waals surface area (Å²) in [5.74, 6) is 0.569. The van der Waals surface area contributed by atoms with Crippen molar-refractivity contribution < 1.29 is 4.79 Å². The zero-order valence-corrected chi connectivity index (χ0v) is 17.0. The molecule has 0 spiro atoms. The van der Waals surface area contributed by atoms with Crippen LogP contribution in [0, 0.1) is 0 Å². The largest absolute Gasteiger partial charge is 0.321 e. The molecule has 7 nitrogen and oxygen atoms in total. The number of carbonyl (C=O) groups is 1. The summed E-state index contributed by atoms with van der Waals surface area (Å²) in [6, 6.07) is 15.6. The maximum atomic E-state index is 12.8. The van der Waals surface area contributed by atoms with E-state index in [0.29, 0.717) is 17.4 Å². The summed E-state index contributed by atoms with van der Waals surface area (Å²) < 4.78 is 2.16. The number of carbonyl (C=O) groups excluding carboxylic acids is 1. The van der Waals surface area contributed by atoms with Crippen LogP contribution in [0.2, 0.25) is 0 Å². The van der Waals surface area contributed by atoms with Crippen LogP contribution in [0.25, 0.3) is 22.5 Å². The first-order valence-electron chi connectivity index (χ1n) is 10.5. The third-order valence-corrected chi connectivity index (χ3v) is 5.66. The fraction of sp³-hybridized carbons (Fsp3) is 0.208. The van der Waals surface area contributed by atoms with E-state index in [0.717, 1.165) is 35.4 Å². The van der Waals surface area contributed by atoms with Crippen LogP contribution in [0.4, 0.5) is 5.69 Å². The average molecular weight is 410 g/mol. The van der Waals surface area contributed by atoms with E-state index in [2.05, 4.69) is 30.0 Å². The molecule has 0 atom stereocenters. The number of hydrogen-bond donors (Lipinski definition) is 1. The molecule has 0 radical (unpaired) electrons. The molecule has 1 N–H and O–H groups in total. The second-order valence-electron chi connectivity index (χ2n) is 7.71. The zero-order valence-electron chi connectivity index (χ0n) is 17.0. The molecule has 1 aliphatic carbocycles. The summed E-state index contributed by atoms with van der Waals surface area (Å²) in [4.78, 5) is 21.2. The van der Waals surface area contributed by atoms with Gasteiger partial charge in [-0.25, -0.2) is 0 Å². The summed E-state index contributed by atoms with van der Waals surface area (Å²) in [6.07, 6.45) is 11.7. The van der Waals surface area contributed by atoms with Gasteiger partial charge in [0.1, 0.15) is 12.0 Å². The van der Waals surface area contributed by atoms with Gasteiger partial charge in [-0.2, -0.15) is 0 Å². The predicted molar refractivity (Wildman–Crippen MR) is 118 cm³/mol. The number of amides is 1. The quantitative estimate of drug-likeness (QED) is 0.512. The van der Waals surface area contributed by atoms with Gasteiger partial charge in [0.05, 0.1) is 0 Å². The molecule has 0 unspecified atom stereocenters. The van der Waals surface area contributed by atoms with Crippen LogP contribution in [-0.2, 0) is 0 Å². The number of aromatic nitrogens is 5. The first-order valence-corrected chi connectivity index (χ1v) is 10.5. The second-order valence-corrected chi connectivity index (χ2v) is 7.71. The van der Waals surface area contributed by atoms with E-state index in [9.17, 15) is 4.79 Å². The van der Waals surface area contributed by atoms with Gasteiger partial charge in [0.15, 0.2) is 5.82 Å². The number of nitrogens with one attached hydrogen (secondary N) is 1. The molecule has 1 fully saturated rings. The van der Waals surface area contributed by atoms with E-state index >= 15 is 0 Å². The summed E-state index contributed by atoms with van der Waals surface area (Å²) in [6.45, 7) is 0. The van der Waals surface area contributed by atoms with Gasteiger partial charge in [0, 0.05) is 41.4 Å². The van der Waals surface area contributed by atoms with Gasteiger partial charge in [-0.15, -0.1) is 10.2 Å². The molecule has 3 aromatic heterocycles. The molecular formula is C24H22N6O. The van der Waals surface area contributed by atoms with Crippen LogP contribution in [0.5, 0.6) is 0 Å². The van der Waals surface area contributed by atoms with Crippen molar-refractivity contribution in [3.05, 3.63) is 79.1 Å². The van der Waals surface area contributed by atoms with Crippen LogP contribution >= 0.6 is 0 Å². The van der Waals surface area contributed by atoms with Gasteiger partial charge in [0.25, 0.3) is 5.91 Å². The standard InChI is InChI=1S/C24H22N6O/c31-24(22-14-17(10-12-26-22)19-6-4-11-25-15-19)28-20-7-3-5-18(13-20)23-29-27-16-30(23)21-8-1-2-9-21/h3-7,10-16,21H,1-2,8-9H2,(H,28,31). The molecule has 1 aromatic carbocycles. The fourth-order valence-electron chi connectivity index (χ4n) is 4.10. The smallest absolute Gasteiger partial charge is 0.274 e. The van der Waals surface area contributed by atoms with Crippen LogP contribution in [-0.4, -0.2) is 30.6 Å². The van der Waals surface area contributed by atoms with Crippen LogP contribution < -0.4 is 5.32 Å². The van der Waals surface area contributed by atoms with Crippen molar-refractivity contribution in [2.75, 3.05) is 5.32 Å². The molecular weight excluding hydrogens is 388 g/mol. The third-order valence-electron chi connectivity index (χ3n) is 5.66. The minimum atomic E-state index is -0.264. The van der Waals surface area contributed by atoms with E-state index in [4.69, 9.17) is 0 Å². The molecule has 0 bridgehead atoms. The maximum Gasteiger partial charge on any atom is 0.274 e. The second kappa shape index (κ2) is 8.47. The number of anilines is 1. The number of nitrogens with zero attached hydrogens (tertiary/aromatic N) is 5.